The molecule has 4 heterocycles. The summed E-state index contributed by atoms with van der Waals surface area (Å²) in [5.74, 6) is -0.0686. The number of carbonyl (C=O) groups excluding carboxylic acids is 1. The van der Waals surface area contributed by atoms with Crippen molar-refractivity contribution in [2.75, 3.05) is 13.1 Å². The predicted octanol–water partition coefficient (Wildman–Crippen LogP) is 3.05. The van der Waals surface area contributed by atoms with Crippen LogP contribution in [0.5, 0.6) is 5.88 Å². The largest absolute Gasteiger partial charge is 0.471 e. The minimum atomic E-state index is -4.47. The van der Waals surface area contributed by atoms with Crippen molar-refractivity contribution in [1.29, 1.82) is 0 Å². The first-order valence-corrected chi connectivity index (χ1v) is 8.26. The third kappa shape index (κ3) is 3.66. The summed E-state index contributed by atoms with van der Waals surface area (Å²) in [5, 5.41) is 3.77. The molecular formula is C18H13F3N4O3. The van der Waals surface area contributed by atoms with E-state index in [-0.39, 0.29) is 30.6 Å². The Kier molecular flexibility index (Phi) is 4.46. The summed E-state index contributed by atoms with van der Waals surface area (Å²) >= 11 is 0. The van der Waals surface area contributed by atoms with Crippen LogP contribution in [0.3, 0.4) is 0 Å². The number of pyridine rings is 2. The van der Waals surface area contributed by atoms with Gasteiger partial charge in [-0.1, -0.05) is 5.16 Å². The first kappa shape index (κ1) is 18.0. The van der Waals surface area contributed by atoms with Gasteiger partial charge < -0.3 is 14.2 Å². The molecule has 4 rings (SSSR count). The highest BCUT2D eigenvalue weighted by Gasteiger charge is 2.35. The lowest BCUT2D eigenvalue weighted by molar-refractivity contribution is -0.137. The zero-order valence-corrected chi connectivity index (χ0v) is 14.3. The molecule has 1 aliphatic heterocycles. The Morgan fingerprint density at radius 1 is 1.21 bits per heavy atom. The number of hydrogen-bond acceptors (Lipinski definition) is 6. The number of nitrogens with zero attached hydrogens (tertiary/aromatic N) is 4. The lowest BCUT2D eigenvalue weighted by atomic mass is 10.1. The minimum absolute atomic E-state index is 0.132. The standard InChI is InChI=1S/C18H13F3N4O3/c19-18(20,21)12-3-5-23-16(6-12)27-13-9-25(10-13)17(26)14-7-15(28-24-14)11-2-1-4-22-8-11/h1-8,13H,9-10H2. The van der Waals surface area contributed by atoms with Gasteiger partial charge in [-0.05, 0) is 18.2 Å². The Balaban J connectivity index is 1.36. The van der Waals surface area contributed by atoms with E-state index in [1.54, 1.807) is 24.5 Å². The summed E-state index contributed by atoms with van der Waals surface area (Å²) < 4.78 is 48.8. The molecule has 0 N–H and O–H groups in total. The van der Waals surface area contributed by atoms with Crippen LogP contribution >= 0.6 is 0 Å². The van der Waals surface area contributed by atoms with Crippen molar-refractivity contribution in [3.63, 3.8) is 0 Å². The van der Waals surface area contributed by atoms with Gasteiger partial charge in [0.2, 0.25) is 5.88 Å². The topological polar surface area (TPSA) is 81.4 Å². The second kappa shape index (κ2) is 6.95. The third-order valence-electron chi connectivity index (χ3n) is 4.16. The number of ether oxygens (including phenoxy) is 1. The number of aromatic nitrogens is 3. The first-order chi connectivity index (χ1) is 13.4. The van der Waals surface area contributed by atoms with Crippen LogP contribution in [0.25, 0.3) is 11.3 Å². The molecule has 0 spiro atoms. The summed E-state index contributed by atoms with van der Waals surface area (Å²) in [6.07, 6.45) is -0.670. The van der Waals surface area contributed by atoms with Gasteiger partial charge in [-0.2, -0.15) is 13.2 Å². The molecular weight excluding hydrogens is 377 g/mol. The Morgan fingerprint density at radius 2 is 2.04 bits per heavy atom. The molecule has 10 heteroatoms. The highest BCUT2D eigenvalue weighted by molar-refractivity contribution is 5.93. The average Bonchev–Trinajstić information content (AvgIpc) is 3.14. The number of amides is 1. The van der Waals surface area contributed by atoms with E-state index in [0.29, 0.717) is 11.3 Å². The van der Waals surface area contributed by atoms with E-state index >= 15 is 0 Å². The lowest BCUT2D eigenvalue weighted by Gasteiger charge is -2.38. The lowest BCUT2D eigenvalue weighted by Crippen LogP contribution is -2.56. The predicted molar refractivity (Wildman–Crippen MR) is 89.3 cm³/mol. The van der Waals surface area contributed by atoms with E-state index < -0.39 is 17.8 Å². The molecule has 28 heavy (non-hydrogen) atoms. The molecule has 0 atom stereocenters. The molecule has 0 aromatic carbocycles. The van der Waals surface area contributed by atoms with E-state index in [1.165, 1.54) is 11.0 Å². The number of rotatable bonds is 4. The van der Waals surface area contributed by atoms with Gasteiger partial charge in [0.1, 0.15) is 6.10 Å². The van der Waals surface area contributed by atoms with Crippen LogP contribution in [0.1, 0.15) is 16.1 Å². The molecule has 1 fully saturated rings. The number of alkyl halides is 3. The molecule has 1 saturated heterocycles. The molecule has 0 unspecified atom stereocenters. The van der Waals surface area contributed by atoms with E-state index in [9.17, 15) is 18.0 Å². The maximum Gasteiger partial charge on any atom is 0.416 e. The molecule has 1 aliphatic rings. The van der Waals surface area contributed by atoms with Crippen molar-refractivity contribution in [2.45, 2.75) is 12.3 Å². The zero-order valence-electron chi connectivity index (χ0n) is 14.3. The second-order valence-electron chi connectivity index (χ2n) is 6.15. The van der Waals surface area contributed by atoms with Gasteiger partial charge in [0.15, 0.2) is 11.5 Å². The molecule has 3 aromatic heterocycles. The fraction of sp³-hybridized carbons (Fsp3) is 0.222. The van der Waals surface area contributed by atoms with Crippen molar-refractivity contribution in [2.24, 2.45) is 0 Å². The fourth-order valence-electron chi connectivity index (χ4n) is 2.68. The third-order valence-corrected chi connectivity index (χ3v) is 4.16. The monoisotopic (exact) mass is 390 g/mol. The number of hydrogen-bond donors (Lipinski definition) is 0. The Morgan fingerprint density at radius 3 is 2.75 bits per heavy atom. The summed E-state index contributed by atoms with van der Waals surface area (Å²) in [6, 6.07) is 6.73. The van der Waals surface area contributed by atoms with Crippen LogP contribution < -0.4 is 4.74 Å². The highest BCUT2D eigenvalue weighted by atomic mass is 19.4. The second-order valence-corrected chi connectivity index (χ2v) is 6.15. The molecule has 144 valence electrons. The quantitative estimate of drug-likeness (QED) is 0.681. The maximum absolute atomic E-state index is 12.7. The van der Waals surface area contributed by atoms with Gasteiger partial charge in [0.25, 0.3) is 5.91 Å². The Labute approximate surface area is 156 Å². The van der Waals surface area contributed by atoms with Gasteiger partial charge in [0, 0.05) is 36.3 Å². The van der Waals surface area contributed by atoms with Crippen LogP contribution in [-0.2, 0) is 6.18 Å². The van der Waals surface area contributed by atoms with Crippen molar-refractivity contribution < 1.29 is 27.2 Å². The van der Waals surface area contributed by atoms with Gasteiger partial charge in [-0.25, -0.2) is 4.98 Å². The Bertz CT molecular complexity index is 985. The zero-order chi connectivity index (χ0) is 19.7. The molecule has 3 aromatic rings. The van der Waals surface area contributed by atoms with Crippen molar-refractivity contribution in [1.82, 2.24) is 20.0 Å². The Hall–Kier alpha value is -3.43. The van der Waals surface area contributed by atoms with Crippen molar-refractivity contribution >= 4 is 5.91 Å². The molecule has 7 nitrogen and oxygen atoms in total. The average molecular weight is 390 g/mol. The molecule has 0 saturated carbocycles. The van der Waals surface area contributed by atoms with E-state index in [0.717, 1.165) is 18.3 Å². The van der Waals surface area contributed by atoms with Crippen LogP contribution in [0.4, 0.5) is 13.2 Å². The molecule has 1 amide bonds. The highest BCUT2D eigenvalue weighted by Crippen LogP contribution is 2.31. The van der Waals surface area contributed by atoms with Gasteiger partial charge >= 0.3 is 6.18 Å². The van der Waals surface area contributed by atoms with Crippen LogP contribution in [0.2, 0.25) is 0 Å². The molecule has 0 radical (unpaired) electrons. The smallest absolute Gasteiger partial charge is 0.416 e. The van der Waals surface area contributed by atoms with Gasteiger partial charge in [-0.3, -0.25) is 9.78 Å². The maximum atomic E-state index is 12.7. The minimum Gasteiger partial charge on any atom is -0.471 e. The summed E-state index contributed by atoms with van der Waals surface area (Å²) in [6.45, 7) is 0.428. The first-order valence-electron chi connectivity index (χ1n) is 8.26. The van der Waals surface area contributed by atoms with E-state index in [4.69, 9.17) is 9.26 Å². The summed E-state index contributed by atoms with van der Waals surface area (Å²) in [4.78, 5) is 21.6. The van der Waals surface area contributed by atoms with E-state index in [2.05, 4.69) is 15.1 Å². The van der Waals surface area contributed by atoms with Crippen LogP contribution in [0.15, 0.2) is 53.4 Å². The van der Waals surface area contributed by atoms with Gasteiger partial charge in [0.05, 0.1) is 18.7 Å². The number of likely N-dealkylation sites (tertiary alicyclic amines) is 1. The summed E-state index contributed by atoms with van der Waals surface area (Å²) in [7, 11) is 0. The van der Waals surface area contributed by atoms with Gasteiger partial charge in [-0.15, -0.1) is 0 Å². The fourth-order valence-corrected chi connectivity index (χ4v) is 2.68. The number of carbonyl (C=O) groups is 1. The van der Waals surface area contributed by atoms with Crippen molar-refractivity contribution in [3.05, 3.63) is 60.2 Å². The molecule has 0 bridgehead atoms. The number of halogens is 3. The molecule has 0 aliphatic carbocycles. The SMILES string of the molecule is O=C(c1cc(-c2cccnc2)on1)N1CC(Oc2cc(C(F)(F)F)ccn2)C1. The normalized spacial score (nSPS) is 14.6. The van der Waals surface area contributed by atoms with Crippen LogP contribution in [-0.4, -0.2) is 45.1 Å². The van der Waals surface area contributed by atoms with Crippen LogP contribution in [0, 0.1) is 0 Å². The van der Waals surface area contributed by atoms with E-state index in [1.807, 2.05) is 0 Å². The summed E-state index contributed by atoms with van der Waals surface area (Å²) in [5.41, 5.74) is -0.0146. The van der Waals surface area contributed by atoms with Crippen molar-refractivity contribution in [3.8, 4) is 17.2 Å².